The van der Waals surface area contributed by atoms with Gasteiger partial charge in [-0.15, -0.1) is 0 Å². The zero-order valence-corrected chi connectivity index (χ0v) is 13.7. The van der Waals surface area contributed by atoms with E-state index in [-0.39, 0.29) is 5.78 Å². The van der Waals surface area contributed by atoms with Crippen LogP contribution < -0.4 is 0 Å². The van der Waals surface area contributed by atoms with Gasteiger partial charge in [0.2, 0.25) is 0 Å². The maximum absolute atomic E-state index is 11.8. The molecule has 0 amide bonds. The Labute approximate surface area is 136 Å². The van der Waals surface area contributed by atoms with Gasteiger partial charge in [-0.1, -0.05) is 16.9 Å². The van der Waals surface area contributed by atoms with Crippen molar-refractivity contribution < 1.29 is 13.7 Å². The molecule has 3 heterocycles. The average molecular weight is 330 g/mol. The molecule has 3 rings (SSSR count). The molecule has 0 atom stereocenters. The number of rotatable bonds is 5. The SMILES string of the molecule is CC(=O)c1c(C)nc(C)nc1SCc1noc(-c2ccoc2)n1. The maximum atomic E-state index is 11.8. The topological polar surface area (TPSA) is 94.9 Å². The van der Waals surface area contributed by atoms with Crippen LogP contribution in [0.4, 0.5) is 0 Å². The summed E-state index contributed by atoms with van der Waals surface area (Å²) >= 11 is 1.39. The van der Waals surface area contributed by atoms with Crippen LogP contribution in [0.1, 0.15) is 34.6 Å². The highest BCUT2D eigenvalue weighted by molar-refractivity contribution is 7.98. The number of hydrogen-bond donors (Lipinski definition) is 0. The van der Waals surface area contributed by atoms with Crippen molar-refractivity contribution in [2.24, 2.45) is 0 Å². The van der Waals surface area contributed by atoms with Crippen molar-refractivity contribution in [1.29, 1.82) is 0 Å². The first-order valence-electron chi connectivity index (χ1n) is 6.88. The van der Waals surface area contributed by atoms with Gasteiger partial charge in [-0.05, 0) is 26.8 Å². The average Bonchev–Trinajstić information content (AvgIpc) is 3.15. The van der Waals surface area contributed by atoms with E-state index in [1.54, 1.807) is 26.2 Å². The Balaban J connectivity index is 1.80. The molecule has 23 heavy (non-hydrogen) atoms. The molecule has 0 bridgehead atoms. The molecular formula is C15H14N4O3S. The number of furan rings is 1. The lowest BCUT2D eigenvalue weighted by molar-refractivity contribution is 0.101. The summed E-state index contributed by atoms with van der Waals surface area (Å²) in [6.07, 6.45) is 3.08. The van der Waals surface area contributed by atoms with Gasteiger partial charge in [-0.25, -0.2) is 9.97 Å². The highest BCUT2D eigenvalue weighted by Crippen LogP contribution is 2.26. The summed E-state index contributed by atoms with van der Waals surface area (Å²) < 4.78 is 10.2. The first-order valence-corrected chi connectivity index (χ1v) is 7.87. The van der Waals surface area contributed by atoms with Crippen molar-refractivity contribution in [2.45, 2.75) is 31.6 Å². The van der Waals surface area contributed by atoms with Crippen LogP contribution in [-0.4, -0.2) is 25.9 Å². The first-order chi connectivity index (χ1) is 11.0. The Morgan fingerprint density at radius 3 is 2.78 bits per heavy atom. The molecule has 0 aliphatic heterocycles. The molecule has 0 unspecified atom stereocenters. The molecular weight excluding hydrogens is 316 g/mol. The third-order valence-corrected chi connectivity index (χ3v) is 4.07. The lowest BCUT2D eigenvalue weighted by atomic mass is 10.2. The number of Topliss-reactive ketones (excluding diaryl/α,β-unsaturated/α-hetero) is 1. The number of carbonyl (C=O) groups is 1. The number of hydrogen-bond acceptors (Lipinski definition) is 8. The summed E-state index contributed by atoms with van der Waals surface area (Å²) in [6, 6.07) is 1.75. The van der Waals surface area contributed by atoms with Gasteiger partial charge in [-0.2, -0.15) is 4.98 Å². The third-order valence-electron chi connectivity index (χ3n) is 3.09. The van der Waals surface area contributed by atoms with Crippen LogP contribution in [0, 0.1) is 13.8 Å². The molecule has 7 nitrogen and oxygen atoms in total. The number of carbonyl (C=O) groups excluding carboxylic acids is 1. The van der Waals surface area contributed by atoms with Crippen molar-refractivity contribution in [1.82, 2.24) is 20.1 Å². The molecule has 8 heteroatoms. The summed E-state index contributed by atoms with van der Waals surface area (Å²) in [5, 5.41) is 4.57. The normalized spacial score (nSPS) is 10.9. The smallest absolute Gasteiger partial charge is 0.261 e. The molecule has 3 aromatic rings. The molecule has 0 spiro atoms. The Bertz CT molecular complexity index is 843. The highest BCUT2D eigenvalue weighted by Gasteiger charge is 2.17. The van der Waals surface area contributed by atoms with E-state index >= 15 is 0 Å². The van der Waals surface area contributed by atoms with Crippen molar-refractivity contribution >= 4 is 17.5 Å². The molecule has 0 fully saturated rings. The Morgan fingerprint density at radius 1 is 1.26 bits per heavy atom. The molecule has 0 saturated carbocycles. The van der Waals surface area contributed by atoms with E-state index in [1.807, 2.05) is 0 Å². The number of aromatic nitrogens is 4. The van der Waals surface area contributed by atoms with E-state index in [2.05, 4.69) is 20.1 Å². The minimum absolute atomic E-state index is 0.0581. The monoisotopic (exact) mass is 330 g/mol. The third kappa shape index (κ3) is 3.31. The number of ketones is 1. The number of aryl methyl sites for hydroxylation is 2. The molecule has 0 aromatic carbocycles. The summed E-state index contributed by atoms with van der Waals surface area (Å²) in [4.78, 5) is 24.7. The van der Waals surface area contributed by atoms with Gasteiger partial charge >= 0.3 is 0 Å². The fraction of sp³-hybridized carbons (Fsp3) is 0.267. The van der Waals surface area contributed by atoms with Crippen LogP contribution >= 0.6 is 11.8 Å². The minimum Gasteiger partial charge on any atom is -0.472 e. The first kappa shape index (κ1) is 15.4. The lowest BCUT2D eigenvalue weighted by Crippen LogP contribution is -2.06. The molecule has 118 valence electrons. The van der Waals surface area contributed by atoms with Crippen molar-refractivity contribution in [2.75, 3.05) is 0 Å². The maximum Gasteiger partial charge on any atom is 0.261 e. The highest BCUT2D eigenvalue weighted by atomic mass is 32.2. The van der Waals surface area contributed by atoms with Crippen molar-refractivity contribution in [3.63, 3.8) is 0 Å². The number of thioether (sulfide) groups is 1. The van der Waals surface area contributed by atoms with Gasteiger partial charge < -0.3 is 8.94 Å². The summed E-state index contributed by atoms with van der Waals surface area (Å²) in [5.74, 6) is 1.93. The van der Waals surface area contributed by atoms with E-state index in [0.717, 1.165) is 5.56 Å². The second-order valence-corrected chi connectivity index (χ2v) is 5.87. The van der Waals surface area contributed by atoms with Crippen LogP contribution in [0.15, 0.2) is 32.6 Å². The van der Waals surface area contributed by atoms with Crippen molar-refractivity contribution in [3.8, 4) is 11.5 Å². The van der Waals surface area contributed by atoms with Gasteiger partial charge in [0, 0.05) is 0 Å². The Morgan fingerprint density at radius 2 is 2.09 bits per heavy atom. The summed E-state index contributed by atoms with van der Waals surface area (Å²) in [7, 11) is 0. The van der Waals surface area contributed by atoms with Crippen LogP contribution in [-0.2, 0) is 5.75 Å². The quantitative estimate of drug-likeness (QED) is 0.400. The molecule has 0 N–H and O–H groups in total. The Kier molecular flexibility index (Phi) is 4.24. The van der Waals surface area contributed by atoms with Crippen LogP contribution in [0.5, 0.6) is 0 Å². The minimum atomic E-state index is -0.0581. The van der Waals surface area contributed by atoms with E-state index in [1.165, 1.54) is 24.9 Å². The lowest BCUT2D eigenvalue weighted by Gasteiger charge is -2.08. The predicted octanol–water partition coefficient (Wildman–Crippen LogP) is 3.23. The standard InChI is InChI=1S/C15H14N4O3S/c1-8-13(9(2)20)15(17-10(3)16-8)23-7-12-18-14(22-19-12)11-4-5-21-6-11/h4-6H,7H2,1-3H3. The fourth-order valence-electron chi connectivity index (χ4n) is 2.14. The molecule has 0 saturated heterocycles. The van der Waals surface area contributed by atoms with E-state index < -0.39 is 0 Å². The van der Waals surface area contributed by atoms with Gasteiger partial charge in [0.05, 0.1) is 28.8 Å². The Hall–Kier alpha value is -2.48. The van der Waals surface area contributed by atoms with Gasteiger partial charge in [-0.3, -0.25) is 4.79 Å². The van der Waals surface area contributed by atoms with Crippen LogP contribution in [0.2, 0.25) is 0 Å². The molecule has 0 aliphatic rings. The van der Waals surface area contributed by atoms with Gasteiger partial charge in [0.25, 0.3) is 5.89 Å². The van der Waals surface area contributed by atoms with Gasteiger partial charge in [0.1, 0.15) is 17.1 Å². The van der Waals surface area contributed by atoms with Crippen molar-refractivity contribution in [3.05, 3.63) is 41.5 Å². The number of nitrogens with zero attached hydrogens (tertiary/aromatic N) is 4. The van der Waals surface area contributed by atoms with Crippen LogP contribution in [0.25, 0.3) is 11.5 Å². The van der Waals surface area contributed by atoms with Crippen LogP contribution in [0.3, 0.4) is 0 Å². The fourth-order valence-corrected chi connectivity index (χ4v) is 3.16. The van der Waals surface area contributed by atoms with E-state index in [9.17, 15) is 4.79 Å². The molecule has 0 aliphatic carbocycles. The summed E-state index contributed by atoms with van der Waals surface area (Å²) in [5.41, 5.74) is 1.95. The van der Waals surface area contributed by atoms with E-state index in [0.29, 0.717) is 39.6 Å². The second-order valence-electron chi connectivity index (χ2n) is 4.91. The van der Waals surface area contributed by atoms with Gasteiger partial charge in [0.15, 0.2) is 11.6 Å². The molecule has 3 aromatic heterocycles. The molecule has 0 radical (unpaired) electrons. The zero-order valence-electron chi connectivity index (χ0n) is 12.9. The zero-order chi connectivity index (χ0) is 16.4. The van der Waals surface area contributed by atoms with E-state index in [4.69, 9.17) is 8.94 Å². The largest absolute Gasteiger partial charge is 0.472 e. The summed E-state index contributed by atoms with van der Waals surface area (Å²) in [6.45, 7) is 5.11. The second kappa shape index (κ2) is 6.33. The predicted molar refractivity (Wildman–Crippen MR) is 83.1 cm³/mol.